The highest BCUT2D eigenvalue weighted by Crippen LogP contribution is 2.29. The number of rotatable bonds is 4. The number of esters is 1. The zero-order valence-electron chi connectivity index (χ0n) is 8.84. The van der Waals surface area contributed by atoms with Crippen LogP contribution in [0.3, 0.4) is 0 Å². The van der Waals surface area contributed by atoms with Gasteiger partial charge in [-0.15, -0.1) is 11.6 Å². The summed E-state index contributed by atoms with van der Waals surface area (Å²) in [6, 6.07) is 1.22. The quantitative estimate of drug-likeness (QED) is 0.484. The van der Waals surface area contributed by atoms with Gasteiger partial charge in [0.2, 0.25) is 0 Å². The van der Waals surface area contributed by atoms with Gasteiger partial charge >= 0.3 is 5.97 Å². The minimum Gasteiger partial charge on any atom is -0.469 e. The molecule has 7 heteroatoms. The van der Waals surface area contributed by atoms with Crippen LogP contribution >= 0.6 is 23.2 Å². The zero-order valence-corrected chi connectivity index (χ0v) is 10.4. The van der Waals surface area contributed by atoms with Crippen molar-refractivity contribution in [3.05, 3.63) is 28.0 Å². The van der Waals surface area contributed by atoms with E-state index in [9.17, 15) is 13.6 Å². The summed E-state index contributed by atoms with van der Waals surface area (Å²) in [6.45, 7) is 0. The van der Waals surface area contributed by atoms with Crippen molar-refractivity contribution in [1.82, 2.24) is 4.98 Å². The first kappa shape index (κ1) is 14.1. The Bertz CT molecular complexity index is 427. The standard InChI is InChI=1S/C10H9Cl2F2NO2/c1-17-8(16)3-5-2-7(12)15-6(4-11)9(5)10(13)14/h2,10H,3-4H2,1H3. The minimum atomic E-state index is -2.77. The van der Waals surface area contributed by atoms with Crippen LogP contribution in [0.4, 0.5) is 8.78 Å². The molecule has 0 amide bonds. The Hall–Kier alpha value is -0.940. The molecule has 1 aromatic rings. The third kappa shape index (κ3) is 3.51. The Morgan fingerprint density at radius 1 is 1.59 bits per heavy atom. The molecule has 1 aromatic heterocycles. The van der Waals surface area contributed by atoms with Crippen molar-refractivity contribution in [3.63, 3.8) is 0 Å². The van der Waals surface area contributed by atoms with Gasteiger partial charge in [-0.3, -0.25) is 4.79 Å². The number of ether oxygens (including phenoxy) is 1. The van der Waals surface area contributed by atoms with E-state index in [1.807, 2.05) is 0 Å². The third-order valence-electron chi connectivity index (χ3n) is 2.10. The highest BCUT2D eigenvalue weighted by atomic mass is 35.5. The van der Waals surface area contributed by atoms with E-state index < -0.39 is 12.4 Å². The Balaban J connectivity index is 3.25. The van der Waals surface area contributed by atoms with E-state index in [1.54, 1.807) is 0 Å². The predicted octanol–water partition coefficient (Wildman–Crippen LogP) is 3.13. The Kier molecular flexibility index (Phi) is 5.08. The number of halogens is 4. The zero-order chi connectivity index (χ0) is 13.0. The normalized spacial score (nSPS) is 10.7. The fraction of sp³-hybridized carbons (Fsp3) is 0.400. The van der Waals surface area contributed by atoms with Crippen molar-refractivity contribution in [2.45, 2.75) is 18.7 Å². The van der Waals surface area contributed by atoms with E-state index in [2.05, 4.69) is 9.72 Å². The van der Waals surface area contributed by atoms with E-state index >= 15 is 0 Å². The van der Waals surface area contributed by atoms with Crippen LogP contribution in [0.1, 0.15) is 23.2 Å². The lowest BCUT2D eigenvalue weighted by Gasteiger charge is -2.12. The third-order valence-corrected chi connectivity index (χ3v) is 2.55. The number of nitrogens with zero attached hydrogens (tertiary/aromatic N) is 1. The highest BCUT2D eigenvalue weighted by molar-refractivity contribution is 6.29. The largest absolute Gasteiger partial charge is 0.469 e. The molecule has 0 bridgehead atoms. The molecule has 0 saturated heterocycles. The van der Waals surface area contributed by atoms with E-state index in [4.69, 9.17) is 23.2 Å². The fourth-order valence-corrected chi connectivity index (χ4v) is 1.81. The summed E-state index contributed by atoms with van der Waals surface area (Å²) < 4.78 is 30.2. The maximum Gasteiger partial charge on any atom is 0.309 e. The van der Waals surface area contributed by atoms with E-state index in [0.717, 1.165) is 0 Å². The molecule has 94 valence electrons. The SMILES string of the molecule is COC(=O)Cc1cc(Cl)nc(CCl)c1C(F)F. The smallest absolute Gasteiger partial charge is 0.309 e. The molecule has 0 radical (unpaired) electrons. The average Bonchev–Trinajstić information content (AvgIpc) is 2.27. The van der Waals surface area contributed by atoms with Gasteiger partial charge in [-0.2, -0.15) is 0 Å². The molecule has 17 heavy (non-hydrogen) atoms. The minimum absolute atomic E-state index is 0.0175. The van der Waals surface area contributed by atoms with Gasteiger partial charge in [0.15, 0.2) is 0 Å². The summed E-state index contributed by atoms with van der Waals surface area (Å²) in [5.41, 5.74) is -0.287. The molecule has 3 nitrogen and oxygen atoms in total. The van der Waals surface area contributed by atoms with Crippen LogP contribution in [0, 0.1) is 0 Å². The molecule has 1 rings (SSSR count). The van der Waals surface area contributed by atoms with Crippen molar-refractivity contribution in [2.75, 3.05) is 7.11 Å². The van der Waals surface area contributed by atoms with Gasteiger partial charge < -0.3 is 4.74 Å². The summed E-state index contributed by atoms with van der Waals surface area (Å²) in [6.07, 6.45) is -3.06. The van der Waals surface area contributed by atoms with Crippen LogP contribution in [0.15, 0.2) is 6.07 Å². The number of hydrogen-bond donors (Lipinski definition) is 0. The first-order chi connectivity index (χ1) is 7.99. The molecule has 0 atom stereocenters. The molecular weight excluding hydrogens is 275 g/mol. The highest BCUT2D eigenvalue weighted by Gasteiger charge is 2.21. The molecule has 0 unspecified atom stereocenters. The van der Waals surface area contributed by atoms with Crippen molar-refractivity contribution in [2.24, 2.45) is 0 Å². The molecule has 0 aliphatic heterocycles. The molecule has 0 aromatic carbocycles. The lowest BCUT2D eigenvalue weighted by molar-refractivity contribution is -0.139. The average molecular weight is 284 g/mol. The van der Waals surface area contributed by atoms with Gasteiger partial charge in [0.25, 0.3) is 6.43 Å². The van der Waals surface area contributed by atoms with Crippen molar-refractivity contribution >= 4 is 29.2 Å². The summed E-state index contributed by atoms with van der Waals surface area (Å²) in [5.74, 6) is -0.830. The van der Waals surface area contributed by atoms with Crippen LogP contribution in [0.2, 0.25) is 5.15 Å². The molecule has 0 fully saturated rings. The number of aromatic nitrogens is 1. The summed E-state index contributed by atoms with van der Waals surface area (Å²) in [4.78, 5) is 14.8. The molecule has 0 spiro atoms. The number of alkyl halides is 3. The first-order valence-electron chi connectivity index (χ1n) is 4.58. The van der Waals surface area contributed by atoms with Gasteiger partial charge in [-0.1, -0.05) is 11.6 Å². The molecule has 0 N–H and O–H groups in total. The number of methoxy groups -OCH3 is 1. The second-order valence-electron chi connectivity index (χ2n) is 3.15. The first-order valence-corrected chi connectivity index (χ1v) is 5.50. The van der Waals surface area contributed by atoms with Crippen LogP contribution in [-0.2, 0) is 21.8 Å². The van der Waals surface area contributed by atoms with Gasteiger partial charge in [0.05, 0.1) is 25.1 Å². The lowest BCUT2D eigenvalue weighted by atomic mass is 10.0. The summed E-state index contributed by atoms with van der Waals surface area (Å²) in [5, 5.41) is 0.0175. The van der Waals surface area contributed by atoms with Crippen molar-refractivity contribution in [3.8, 4) is 0 Å². The van der Waals surface area contributed by atoms with Crippen molar-refractivity contribution < 1.29 is 18.3 Å². The second kappa shape index (κ2) is 6.12. The predicted molar refractivity (Wildman–Crippen MR) is 59.5 cm³/mol. The van der Waals surface area contributed by atoms with Crippen LogP contribution in [0.5, 0.6) is 0 Å². The number of hydrogen-bond acceptors (Lipinski definition) is 3. The van der Waals surface area contributed by atoms with Crippen LogP contribution in [-0.4, -0.2) is 18.1 Å². The topological polar surface area (TPSA) is 39.2 Å². The van der Waals surface area contributed by atoms with Crippen LogP contribution in [0.25, 0.3) is 0 Å². The van der Waals surface area contributed by atoms with Gasteiger partial charge in [0.1, 0.15) is 5.15 Å². The second-order valence-corrected chi connectivity index (χ2v) is 3.81. The Morgan fingerprint density at radius 3 is 2.71 bits per heavy atom. The number of pyridine rings is 1. The van der Waals surface area contributed by atoms with Gasteiger partial charge in [-0.05, 0) is 11.6 Å². The van der Waals surface area contributed by atoms with Gasteiger partial charge in [0, 0.05) is 5.56 Å². The molecule has 0 saturated carbocycles. The molecule has 0 aliphatic rings. The molecule has 0 aliphatic carbocycles. The summed E-state index contributed by atoms with van der Waals surface area (Å²) >= 11 is 11.2. The van der Waals surface area contributed by atoms with E-state index in [-0.39, 0.29) is 34.3 Å². The van der Waals surface area contributed by atoms with E-state index in [1.165, 1.54) is 13.2 Å². The maximum absolute atomic E-state index is 12.9. The molecular formula is C10H9Cl2F2NO2. The molecule has 1 heterocycles. The van der Waals surface area contributed by atoms with Crippen molar-refractivity contribution in [1.29, 1.82) is 0 Å². The number of carbonyl (C=O) groups excluding carboxylic acids is 1. The van der Waals surface area contributed by atoms with Crippen LogP contribution < -0.4 is 0 Å². The Labute approximate surface area is 107 Å². The summed E-state index contributed by atoms with van der Waals surface area (Å²) in [7, 11) is 1.18. The lowest BCUT2D eigenvalue weighted by Crippen LogP contribution is -2.10. The monoisotopic (exact) mass is 283 g/mol. The maximum atomic E-state index is 12.9. The number of carbonyl (C=O) groups is 1. The van der Waals surface area contributed by atoms with Gasteiger partial charge in [-0.25, -0.2) is 13.8 Å². The van der Waals surface area contributed by atoms with E-state index in [0.29, 0.717) is 0 Å². The fourth-order valence-electron chi connectivity index (χ4n) is 1.37. The Morgan fingerprint density at radius 2 is 2.24 bits per heavy atom.